The molecule has 0 aromatic heterocycles. The molecule has 0 aliphatic rings. The average Bonchev–Trinajstić information content (AvgIpc) is 2.57. The maximum Gasteiger partial charge on any atom is 0.416 e. The minimum absolute atomic E-state index is 0.0231. The Bertz CT molecular complexity index is 1000. The topological polar surface area (TPSA) is 66.5 Å². The zero-order chi connectivity index (χ0) is 21.3. The minimum atomic E-state index is -4.49. The van der Waals surface area contributed by atoms with Crippen LogP contribution in [-0.2, 0) is 27.4 Å². The van der Waals surface area contributed by atoms with Gasteiger partial charge in [-0.05, 0) is 48.7 Å². The molecule has 0 radical (unpaired) electrons. The van der Waals surface area contributed by atoms with Gasteiger partial charge in [0.25, 0.3) is 0 Å². The highest BCUT2D eigenvalue weighted by Gasteiger charge is 2.30. The van der Waals surface area contributed by atoms with Crippen molar-refractivity contribution < 1.29 is 26.4 Å². The SMILES string of the molecule is Cc1cc(S(=O)(=O)N(C)C)cc(NC(=O)Cc2cccc(C(F)(F)F)c2)c1C. The number of hydrogen-bond acceptors (Lipinski definition) is 3. The number of nitrogens with one attached hydrogen (secondary N) is 1. The van der Waals surface area contributed by atoms with E-state index in [1.807, 2.05) is 0 Å². The molecular formula is C19H21F3N2O3S. The molecule has 0 aliphatic carbocycles. The second-order valence-electron chi connectivity index (χ2n) is 6.62. The summed E-state index contributed by atoms with van der Waals surface area (Å²) < 4.78 is 64.2. The third kappa shape index (κ3) is 4.90. The van der Waals surface area contributed by atoms with Gasteiger partial charge in [-0.2, -0.15) is 13.2 Å². The van der Waals surface area contributed by atoms with E-state index in [4.69, 9.17) is 0 Å². The largest absolute Gasteiger partial charge is 0.416 e. The normalized spacial score (nSPS) is 12.3. The fourth-order valence-electron chi connectivity index (χ4n) is 2.55. The van der Waals surface area contributed by atoms with Crippen molar-refractivity contribution in [2.24, 2.45) is 0 Å². The summed E-state index contributed by atoms with van der Waals surface area (Å²) in [6.07, 6.45) is -4.76. The maximum absolute atomic E-state index is 12.8. The molecule has 0 spiro atoms. The van der Waals surface area contributed by atoms with Gasteiger partial charge in [-0.15, -0.1) is 0 Å². The first-order chi connectivity index (χ1) is 12.8. The molecule has 0 saturated heterocycles. The molecule has 2 aromatic carbocycles. The van der Waals surface area contributed by atoms with E-state index in [0.717, 1.165) is 16.4 Å². The van der Waals surface area contributed by atoms with E-state index >= 15 is 0 Å². The lowest BCUT2D eigenvalue weighted by molar-refractivity contribution is -0.137. The van der Waals surface area contributed by atoms with Crippen LogP contribution in [0.3, 0.4) is 0 Å². The maximum atomic E-state index is 12.8. The fraction of sp³-hybridized carbons (Fsp3) is 0.316. The Morgan fingerprint density at radius 2 is 1.75 bits per heavy atom. The Kier molecular flexibility index (Phi) is 6.20. The molecule has 0 atom stereocenters. The van der Waals surface area contributed by atoms with Crippen molar-refractivity contribution in [3.63, 3.8) is 0 Å². The molecule has 0 unspecified atom stereocenters. The molecule has 0 fully saturated rings. The summed E-state index contributed by atoms with van der Waals surface area (Å²) in [5, 5.41) is 2.61. The number of hydrogen-bond donors (Lipinski definition) is 1. The van der Waals surface area contributed by atoms with E-state index in [1.54, 1.807) is 13.8 Å². The summed E-state index contributed by atoms with van der Waals surface area (Å²) in [6, 6.07) is 7.38. The monoisotopic (exact) mass is 414 g/mol. The molecule has 0 aliphatic heterocycles. The van der Waals surface area contributed by atoms with Gasteiger partial charge in [0, 0.05) is 19.8 Å². The molecule has 0 saturated carbocycles. The Balaban J connectivity index is 2.28. The molecule has 1 amide bonds. The van der Waals surface area contributed by atoms with Crippen LogP contribution in [0.15, 0.2) is 41.3 Å². The number of nitrogens with zero attached hydrogens (tertiary/aromatic N) is 1. The van der Waals surface area contributed by atoms with Gasteiger partial charge in [0.1, 0.15) is 0 Å². The number of anilines is 1. The fourth-order valence-corrected chi connectivity index (χ4v) is 3.57. The van der Waals surface area contributed by atoms with Crippen LogP contribution in [0.2, 0.25) is 0 Å². The van der Waals surface area contributed by atoms with Crippen molar-refractivity contribution in [1.29, 1.82) is 0 Å². The number of aryl methyl sites for hydroxylation is 1. The first-order valence-electron chi connectivity index (χ1n) is 8.32. The van der Waals surface area contributed by atoms with Crippen molar-refractivity contribution in [3.8, 4) is 0 Å². The van der Waals surface area contributed by atoms with E-state index in [2.05, 4.69) is 5.32 Å². The molecule has 2 rings (SSSR count). The smallest absolute Gasteiger partial charge is 0.326 e. The van der Waals surface area contributed by atoms with Gasteiger partial charge in [0.2, 0.25) is 15.9 Å². The van der Waals surface area contributed by atoms with Gasteiger partial charge in [-0.3, -0.25) is 4.79 Å². The summed E-state index contributed by atoms with van der Waals surface area (Å²) in [5.74, 6) is -0.541. The minimum Gasteiger partial charge on any atom is -0.326 e. The quantitative estimate of drug-likeness (QED) is 0.810. The number of carbonyl (C=O) groups excluding carboxylic acids is 1. The van der Waals surface area contributed by atoms with E-state index < -0.39 is 27.7 Å². The average molecular weight is 414 g/mol. The summed E-state index contributed by atoms with van der Waals surface area (Å²) in [7, 11) is -0.900. The van der Waals surface area contributed by atoms with Gasteiger partial charge in [0.05, 0.1) is 16.9 Å². The highest BCUT2D eigenvalue weighted by Crippen LogP contribution is 2.30. The summed E-state index contributed by atoms with van der Waals surface area (Å²) in [6.45, 7) is 3.44. The highest BCUT2D eigenvalue weighted by molar-refractivity contribution is 7.89. The van der Waals surface area contributed by atoms with E-state index in [9.17, 15) is 26.4 Å². The van der Waals surface area contributed by atoms with Crippen LogP contribution in [0, 0.1) is 13.8 Å². The lowest BCUT2D eigenvalue weighted by Gasteiger charge is -2.16. The number of alkyl halides is 3. The van der Waals surface area contributed by atoms with Crippen LogP contribution in [0.1, 0.15) is 22.3 Å². The van der Waals surface area contributed by atoms with Crippen molar-refractivity contribution in [2.45, 2.75) is 31.3 Å². The molecule has 0 heterocycles. The van der Waals surface area contributed by atoms with Crippen LogP contribution < -0.4 is 5.32 Å². The third-order valence-electron chi connectivity index (χ3n) is 4.31. The van der Waals surface area contributed by atoms with E-state index in [-0.39, 0.29) is 16.9 Å². The molecule has 152 valence electrons. The molecule has 0 bridgehead atoms. The molecule has 28 heavy (non-hydrogen) atoms. The Labute approximate surface area is 162 Å². The standard InChI is InChI=1S/C19H21F3N2O3S/c1-12-8-16(28(26,27)24(3)4)11-17(13(12)2)23-18(25)10-14-6-5-7-15(9-14)19(20,21)22/h5-9,11H,10H2,1-4H3,(H,23,25). The van der Waals surface area contributed by atoms with Gasteiger partial charge >= 0.3 is 6.18 Å². The van der Waals surface area contributed by atoms with E-state index in [0.29, 0.717) is 16.8 Å². The van der Waals surface area contributed by atoms with Gasteiger partial charge in [-0.25, -0.2) is 12.7 Å². The van der Waals surface area contributed by atoms with Gasteiger partial charge in [0.15, 0.2) is 0 Å². The highest BCUT2D eigenvalue weighted by atomic mass is 32.2. The Morgan fingerprint density at radius 1 is 1.11 bits per heavy atom. The molecule has 9 heteroatoms. The second-order valence-corrected chi connectivity index (χ2v) is 8.78. The zero-order valence-electron chi connectivity index (χ0n) is 15.9. The molecule has 1 N–H and O–H groups in total. The van der Waals surface area contributed by atoms with Crippen LogP contribution in [-0.4, -0.2) is 32.7 Å². The number of sulfonamides is 1. The lowest BCUT2D eigenvalue weighted by atomic mass is 10.1. The third-order valence-corrected chi connectivity index (χ3v) is 6.11. The van der Waals surface area contributed by atoms with E-state index in [1.165, 1.54) is 38.4 Å². The number of benzene rings is 2. The predicted octanol–water partition coefficient (Wildman–Crippen LogP) is 3.75. The lowest BCUT2D eigenvalue weighted by Crippen LogP contribution is -2.23. The van der Waals surface area contributed by atoms with Gasteiger partial charge in [-0.1, -0.05) is 18.2 Å². The van der Waals surface area contributed by atoms with Crippen molar-refractivity contribution >= 4 is 21.6 Å². The Hall–Kier alpha value is -2.39. The first-order valence-corrected chi connectivity index (χ1v) is 9.76. The molecule has 2 aromatic rings. The summed E-state index contributed by atoms with van der Waals surface area (Å²) in [4.78, 5) is 12.4. The van der Waals surface area contributed by atoms with Crippen LogP contribution in [0.4, 0.5) is 18.9 Å². The zero-order valence-corrected chi connectivity index (χ0v) is 16.7. The number of halogens is 3. The van der Waals surface area contributed by atoms with Crippen LogP contribution in [0.5, 0.6) is 0 Å². The second kappa shape index (κ2) is 7.92. The predicted molar refractivity (Wildman–Crippen MR) is 101 cm³/mol. The first kappa shape index (κ1) is 21.9. The van der Waals surface area contributed by atoms with Crippen LogP contribution in [0.25, 0.3) is 0 Å². The molecular weight excluding hydrogens is 393 g/mol. The summed E-state index contributed by atoms with van der Waals surface area (Å²) >= 11 is 0. The van der Waals surface area contributed by atoms with Crippen molar-refractivity contribution in [3.05, 3.63) is 58.7 Å². The van der Waals surface area contributed by atoms with Crippen molar-refractivity contribution in [1.82, 2.24) is 4.31 Å². The number of carbonyl (C=O) groups is 1. The number of amides is 1. The summed E-state index contributed by atoms with van der Waals surface area (Å²) in [5.41, 5.74) is 1.02. The van der Waals surface area contributed by atoms with Gasteiger partial charge < -0.3 is 5.32 Å². The molecule has 5 nitrogen and oxygen atoms in total. The van der Waals surface area contributed by atoms with Crippen LogP contribution >= 0.6 is 0 Å². The Morgan fingerprint density at radius 3 is 2.32 bits per heavy atom. The van der Waals surface area contributed by atoms with Crippen molar-refractivity contribution in [2.75, 3.05) is 19.4 Å². The number of rotatable bonds is 5.